The SMILES string of the molecule is COCCOCCCNCCc1ncon1. The molecule has 0 spiro atoms. The van der Waals surface area contributed by atoms with Crippen LogP contribution in [0.1, 0.15) is 12.2 Å². The third kappa shape index (κ3) is 6.49. The van der Waals surface area contributed by atoms with Gasteiger partial charge in [-0.05, 0) is 13.0 Å². The second kappa shape index (κ2) is 9.26. The van der Waals surface area contributed by atoms with Crippen LogP contribution in [0.15, 0.2) is 10.9 Å². The zero-order valence-corrected chi connectivity index (χ0v) is 9.65. The summed E-state index contributed by atoms with van der Waals surface area (Å²) < 4.78 is 14.8. The van der Waals surface area contributed by atoms with Gasteiger partial charge in [0.15, 0.2) is 5.82 Å². The molecule has 0 fully saturated rings. The van der Waals surface area contributed by atoms with Crippen molar-refractivity contribution in [2.45, 2.75) is 12.8 Å². The highest BCUT2D eigenvalue weighted by molar-refractivity contribution is 4.78. The first-order valence-electron chi connectivity index (χ1n) is 5.46. The molecule has 0 aliphatic heterocycles. The van der Waals surface area contributed by atoms with E-state index in [9.17, 15) is 0 Å². The Bertz CT molecular complexity index is 241. The van der Waals surface area contributed by atoms with Crippen molar-refractivity contribution in [3.8, 4) is 0 Å². The van der Waals surface area contributed by atoms with Crippen molar-refractivity contribution in [3.63, 3.8) is 0 Å². The maximum absolute atomic E-state index is 5.32. The molecule has 0 unspecified atom stereocenters. The Kier molecular flexibility index (Phi) is 7.57. The first-order chi connectivity index (χ1) is 7.93. The molecule has 0 saturated carbocycles. The predicted molar refractivity (Wildman–Crippen MR) is 58.2 cm³/mol. The molecule has 1 aromatic heterocycles. The van der Waals surface area contributed by atoms with Crippen LogP contribution in [0.5, 0.6) is 0 Å². The molecule has 0 aliphatic rings. The lowest BCUT2D eigenvalue weighted by Gasteiger charge is -2.04. The van der Waals surface area contributed by atoms with Gasteiger partial charge >= 0.3 is 0 Å². The number of methoxy groups -OCH3 is 1. The Morgan fingerprint density at radius 3 is 3.00 bits per heavy atom. The highest BCUT2D eigenvalue weighted by Gasteiger charge is 1.96. The summed E-state index contributed by atoms with van der Waals surface area (Å²) in [5, 5.41) is 7.00. The summed E-state index contributed by atoms with van der Waals surface area (Å²) >= 11 is 0. The minimum absolute atomic E-state index is 0.658. The molecule has 0 aromatic carbocycles. The van der Waals surface area contributed by atoms with Crippen LogP contribution in [0, 0.1) is 0 Å². The minimum Gasteiger partial charge on any atom is -0.382 e. The summed E-state index contributed by atoms with van der Waals surface area (Å²) in [5.74, 6) is 0.740. The van der Waals surface area contributed by atoms with E-state index in [2.05, 4.69) is 20.0 Å². The molecule has 1 heterocycles. The Balaban J connectivity index is 1.78. The average Bonchev–Trinajstić information content (AvgIpc) is 2.80. The normalized spacial score (nSPS) is 10.8. The van der Waals surface area contributed by atoms with Crippen molar-refractivity contribution in [2.75, 3.05) is 40.0 Å². The molecular formula is C10H19N3O3. The average molecular weight is 229 g/mol. The van der Waals surface area contributed by atoms with Crippen molar-refractivity contribution in [1.29, 1.82) is 0 Å². The number of hydrogen-bond acceptors (Lipinski definition) is 6. The van der Waals surface area contributed by atoms with Crippen molar-refractivity contribution in [2.24, 2.45) is 0 Å². The second-order valence-corrected chi connectivity index (χ2v) is 3.31. The standard InChI is InChI=1S/C10H19N3O3/c1-14-7-8-15-6-2-4-11-5-3-10-12-9-16-13-10/h9,11H,2-8H2,1H3. The van der Waals surface area contributed by atoms with Crippen LogP contribution in [0.4, 0.5) is 0 Å². The molecule has 0 radical (unpaired) electrons. The van der Waals surface area contributed by atoms with Gasteiger partial charge in [0.25, 0.3) is 0 Å². The molecule has 0 saturated heterocycles. The van der Waals surface area contributed by atoms with E-state index in [4.69, 9.17) is 9.47 Å². The predicted octanol–water partition coefficient (Wildman–Crippen LogP) is 0.255. The zero-order valence-electron chi connectivity index (χ0n) is 9.65. The van der Waals surface area contributed by atoms with Crippen LogP contribution >= 0.6 is 0 Å². The van der Waals surface area contributed by atoms with E-state index in [1.54, 1.807) is 7.11 Å². The molecule has 0 atom stereocenters. The van der Waals surface area contributed by atoms with E-state index in [1.807, 2.05) is 0 Å². The Hall–Kier alpha value is -0.980. The minimum atomic E-state index is 0.658. The Morgan fingerprint density at radius 2 is 2.25 bits per heavy atom. The van der Waals surface area contributed by atoms with E-state index >= 15 is 0 Å². The van der Waals surface area contributed by atoms with Gasteiger partial charge in [0, 0.05) is 26.7 Å². The van der Waals surface area contributed by atoms with Crippen molar-refractivity contribution in [3.05, 3.63) is 12.2 Å². The quantitative estimate of drug-likeness (QED) is 0.580. The van der Waals surface area contributed by atoms with E-state index in [1.165, 1.54) is 6.39 Å². The number of nitrogens with zero attached hydrogens (tertiary/aromatic N) is 2. The summed E-state index contributed by atoms with van der Waals surface area (Å²) in [6.45, 7) is 3.88. The third-order valence-electron chi connectivity index (χ3n) is 2.01. The van der Waals surface area contributed by atoms with Crippen LogP contribution in [0.2, 0.25) is 0 Å². The van der Waals surface area contributed by atoms with E-state index < -0.39 is 0 Å². The van der Waals surface area contributed by atoms with E-state index in [0.717, 1.165) is 38.4 Å². The highest BCUT2D eigenvalue weighted by Crippen LogP contribution is 1.88. The fourth-order valence-electron chi connectivity index (χ4n) is 1.17. The van der Waals surface area contributed by atoms with Gasteiger partial charge in [-0.2, -0.15) is 4.98 Å². The summed E-state index contributed by atoms with van der Waals surface area (Å²) in [7, 11) is 1.67. The lowest BCUT2D eigenvalue weighted by molar-refractivity contribution is 0.0695. The summed E-state index contributed by atoms with van der Waals surface area (Å²) in [4.78, 5) is 3.93. The molecule has 6 heteroatoms. The van der Waals surface area contributed by atoms with Crippen LogP contribution in [0.3, 0.4) is 0 Å². The van der Waals surface area contributed by atoms with Gasteiger partial charge in [-0.25, -0.2) is 0 Å². The summed E-state index contributed by atoms with van der Waals surface area (Å²) in [6.07, 6.45) is 3.13. The third-order valence-corrected chi connectivity index (χ3v) is 2.01. The molecule has 1 N–H and O–H groups in total. The first kappa shape index (κ1) is 13.1. The molecule has 16 heavy (non-hydrogen) atoms. The van der Waals surface area contributed by atoms with Crippen molar-refractivity contribution in [1.82, 2.24) is 15.5 Å². The van der Waals surface area contributed by atoms with Gasteiger partial charge < -0.3 is 19.3 Å². The monoisotopic (exact) mass is 229 g/mol. The number of ether oxygens (including phenoxy) is 2. The number of aromatic nitrogens is 2. The summed E-state index contributed by atoms with van der Waals surface area (Å²) in [5.41, 5.74) is 0. The van der Waals surface area contributed by atoms with Gasteiger partial charge in [0.1, 0.15) is 0 Å². The van der Waals surface area contributed by atoms with Gasteiger partial charge in [-0.15, -0.1) is 0 Å². The maximum Gasteiger partial charge on any atom is 0.213 e. The lowest BCUT2D eigenvalue weighted by Crippen LogP contribution is -2.20. The first-order valence-corrected chi connectivity index (χ1v) is 5.46. The van der Waals surface area contributed by atoms with E-state index in [-0.39, 0.29) is 0 Å². The second-order valence-electron chi connectivity index (χ2n) is 3.31. The van der Waals surface area contributed by atoms with Crippen LogP contribution in [-0.2, 0) is 15.9 Å². The highest BCUT2D eigenvalue weighted by atomic mass is 16.5. The molecular weight excluding hydrogens is 210 g/mol. The van der Waals surface area contributed by atoms with Gasteiger partial charge in [-0.3, -0.25) is 0 Å². The number of hydrogen-bond donors (Lipinski definition) is 1. The largest absolute Gasteiger partial charge is 0.382 e. The van der Waals surface area contributed by atoms with Gasteiger partial charge in [0.05, 0.1) is 13.2 Å². The van der Waals surface area contributed by atoms with Gasteiger partial charge in [0.2, 0.25) is 6.39 Å². The summed E-state index contributed by atoms with van der Waals surface area (Å²) in [6, 6.07) is 0. The fraction of sp³-hybridized carbons (Fsp3) is 0.800. The maximum atomic E-state index is 5.32. The molecule has 6 nitrogen and oxygen atoms in total. The number of nitrogens with one attached hydrogen (secondary N) is 1. The Labute approximate surface area is 95.3 Å². The number of rotatable bonds is 10. The Morgan fingerprint density at radius 1 is 1.31 bits per heavy atom. The van der Waals surface area contributed by atoms with Crippen LogP contribution in [0.25, 0.3) is 0 Å². The van der Waals surface area contributed by atoms with Crippen molar-refractivity contribution >= 4 is 0 Å². The molecule has 0 aliphatic carbocycles. The topological polar surface area (TPSA) is 69.4 Å². The molecule has 1 aromatic rings. The fourth-order valence-corrected chi connectivity index (χ4v) is 1.17. The van der Waals surface area contributed by atoms with Crippen LogP contribution < -0.4 is 5.32 Å². The molecule has 1 rings (SSSR count). The van der Waals surface area contributed by atoms with Crippen LogP contribution in [-0.4, -0.2) is 50.2 Å². The smallest absolute Gasteiger partial charge is 0.213 e. The van der Waals surface area contributed by atoms with Crippen molar-refractivity contribution < 1.29 is 14.0 Å². The molecule has 0 amide bonds. The molecule has 92 valence electrons. The van der Waals surface area contributed by atoms with Gasteiger partial charge in [-0.1, -0.05) is 5.16 Å². The molecule has 0 bridgehead atoms. The van der Waals surface area contributed by atoms with E-state index in [0.29, 0.717) is 13.2 Å². The lowest BCUT2D eigenvalue weighted by atomic mass is 10.4. The zero-order chi connectivity index (χ0) is 11.5.